The molecule has 0 unspecified atom stereocenters. The van der Waals surface area contributed by atoms with Crippen molar-refractivity contribution in [2.45, 2.75) is 0 Å². The SMILES string of the molecule is Fc1[c]oc(Br)n1. The third kappa shape index (κ3) is 0.991. The zero-order chi connectivity index (χ0) is 5.28. The first-order chi connectivity index (χ1) is 3.29. The molecule has 7 heavy (non-hydrogen) atoms. The Hall–Kier alpha value is -0.380. The summed E-state index contributed by atoms with van der Waals surface area (Å²) in [5.74, 6) is -0.730. The van der Waals surface area contributed by atoms with Crippen LogP contribution in [0.2, 0.25) is 0 Å². The molecule has 2 nitrogen and oxygen atoms in total. The molecule has 0 bridgehead atoms. The number of hydrogen-bond donors (Lipinski definition) is 0. The predicted molar refractivity (Wildman–Crippen MR) is 23.0 cm³/mol. The smallest absolute Gasteiger partial charge is 0.267 e. The fourth-order valence-corrected chi connectivity index (χ4v) is 0.444. The van der Waals surface area contributed by atoms with Gasteiger partial charge in [-0.05, 0) is 0 Å². The molecular weight excluding hydrogens is 165 g/mol. The average Bonchev–Trinajstić information content (AvgIpc) is 1.87. The summed E-state index contributed by atoms with van der Waals surface area (Å²) in [6.07, 6.45) is 1.87. The van der Waals surface area contributed by atoms with Gasteiger partial charge in [0.1, 0.15) is 0 Å². The van der Waals surface area contributed by atoms with E-state index in [1.54, 1.807) is 0 Å². The van der Waals surface area contributed by atoms with Gasteiger partial charge in [0, 0.05) is 15.9 Å². The summed E-state index contributed by atoms with van der Waals surface area (Å²) >= 11 is 2.78. The zero-order valence-corrected chi connectivity index (χ0v) is 4.70. The van der Waals surface area contributed by atoms with Crippen LogP contribution in [0.4, 0.5) is 4.39 Å². The van der Waals surface area contributed by atoms with Crippen LogP contribution in [0.15, 0.2) is 9.22 Å². The Morgan fingerprint density at radius 3 is 2.71 bits per heavy atom. The van der Waals surface area contributed by atoms with Gasteiger partial charge in [-0.3, -0.25) is 0 Å². The quantitative estimate of drug-likeness (QED) is 0.580. The second-order valence-electron chi connectivity index (χ2n) is 0.860. The van der Waals surface area contributed by atoms with E-state index in [2.05, 4.69) is 25.3 Å². The minimum absolute atomic E-state index is 0.116. The topological polar surface area (TPSA) is 26.0 Å². The molecule has 0 aliphatic carbocycles. The summed E-state index contributed by atoms with van der Waals surface area (Å²) in [5.41, 5.74) is 0. The Morgan fingerprint density at radius 2 is 2.57 bits per heavy atom. The second kappa shape index (κ2) is 1.61. The molecule has 0 saturated heterocycles. The van der Waals surface area contributed by atoms with Crippen LogP contribution in [-0.2, 0) is 0 Å². The first-order valence-electron chi connectivity index (χ1n) is 1.48. The Balaban J connectivity index is 3.04. The average molecular weight is 165 g/mol. The number of nitrogens with zero attached hydrogens (tertiary/aromatic N) is 1. The maximum atomic E-state index is 11.6. The van der Waals surface area contributed by atoms with E-state index in [1.807, 2.05) is 6.26 Å². The van der Waals surface area contributed by atoms with Crippen molar-refractivity contribution < 1.29 is 8.81 Å². The lowest BCUT2D eigenvalue weighted by atomic mass is 10.9. The molecule has 1 heterocycles. The number of oxazole rings is 1. The fourth-order valence-electron chi connectivity index (χ4n) is 0.207. The maximum Gasteiger partial charge on any atom is 0.267 e. The van der Waals surface area contributed by atoms with E-state index in [1.165, 1.54) is 0 Å². The summed E-state index contributed by atoms with van der Waals surface area (Å²) in [6.45, 7) is 0. The van der Waals surface area contributed by atoms with E-state index < -0.39 is 5.95 Å². The molecule has 37 valence electrons. The molecule has 4 heteroatoms. The number of hydrogen-bond acceptors (Lipinski definition) is 2. The van der Waals surface area contributed by atoms with Crippen molar-refractivity contribution in [2.24, 2.45) is 0 Å². The summed E-state index contributed by atoms with van der Waals surface area (Å²) in [7, 11) is 0. The lowest BCUT2D eigenvalue weighted by Gasteiger charge is -1.63. The van der Waals surface area contributed by atoms with Crippen molar-refractivity contribution in [3.8, 4) is 0 Å². The van der Waals surface area contributed by atoms with Crippen LogP contribution in [0, 0.1) is 12.2 Å². The van der Waals surface area contributed by atoms with Crippen molar-refractivity contribution >= 4 is 15.9 Å². The van der Waals surface area contributed by atoms with Crippen LogP contribution >= 0.6 is 15.9 Å². The molecule has 1 aromatic heterocycles. The fraction of sp³-hybridized carbons (Fsp3) is 0. The van der Waals surface area contributed by atoms with Gasteiger partial charge in [-0.2, -0.15) is 9.37 Å². The molecule has 0 atom stereocenters. The van der Waals surface area contributed by atoms with Crippen molar-refractivity contribution in [3.05, 3.63) is 17.0 Å². The Kier molecular flexibility index (Phi) is 1.10. The molecule has 0 N–H and O–H groups in total. The second-order valence-corrected chi connectivity index (χ2v) is 1.54. The van der Waals surface area contributed by atoms with Gasteiger partial charge in [0.05, 0.1) is 0 Å². The molecule has 0 aliphatic rings. The van der Waals surface area contributed by atoms with Crippen molar-refractivity contribution in [3.63, 3.8) is 0 Å². The van der Waals surface area contributed by atoms with Crippen LogP contribution < -0.4 is 0 Å². The van der Waals surface area contributed by atoms with Crippen molar-refractivity contribution in [2.75, 3.05) is 0 Å². The highest BCUT2D eigenvalue weighted by Crippen LogP contribution is 2.04. The van der Waals surface area contributed by atoms with Gasteiger partial charge in [0.15, 0.2) is 0 Å². The molecule has 0 aromatic carbocycles. The number of rotatable bonds is 0. The van der Waals surface area contributed by atoms with Crippen LogP contribution in [0.5, 0.6) is 0 Å². The molecule has 0 fully saturated rings. The van der Waals surface area contributed by atoms with Gasteiger partial charge in [0.25, 0.3) is 10.7 Å². The molecule has 1 rings (SSSR count). The minimum atomic E-state index is -0.730. The summed E-state index contributed by atoms with van der Waals surface area (Å²) < 4.78 is 15.9. The summed E-state index contributed by atoms with van der Waals surface area (Å²) in [5, 5.41) is 0. The lowest BCUT2D eigenvalue weighted by Crippen LogP contribution is -1.65. The van der Waals surface area contributed by atoms with Crippen LogP contribution in [-0.4, -0.2) is 4.98 Å². The van der Waals surface area contributed by atoms with Gasteiger partial charge in [0.2, 0.25) is 6.26 Å². The normalized spacial score (nSPS) is 9.43. The Labute approximate surface area is 47.5 Å². The van der Waals surface area contributed by atoms with Crippen LogP contribution in [0.25, 0.3) is 0 Å². The first kappa shape index (κ1) is 4.77. The molecule has 1 aromatic rings. The largest absolute Gasteiger partial charge is 0.424 e. The molecule has 0 saturated carbocycles. The van der Waals surface area contributed by atoms with Gasteiger partial charge in [-0.25, -0.2) is 0 Å². The molecule has 1 radical (unpaired) electrons. The van der Waals surface area contributed by atoms with Gasteiger partial charge >= 0.3 is 0 Å². The molecular formula is C3BrFNO. The van der Waals surface area contributed by atoms with E-state index >= 15 is 0 Å². The zero-order valence-electron chi connectivity index (χ0n) is 3.11. The van der Waals surface area contributed by atoms with E-state index in [0.717, 1.165) is 0 Å². The third-order valence-electron chi connectivity index (χ3n) is 0.406. The highest BCUT2D eigenvalue weighted by molar-refractivity contribution is 9.10. The van der Waals surface area contributed by atoms with E-state index in [0.29, 0.717) is 0 Å². The van der Waals surface area contributed by atoms with Crippen LogP contribution in [0.3, 0.4) is 0 Å². The highest BCUT2D eigenvalue weighted by atomic mass is 79.9. The predicted octanol–water partition coefficient (Wildman–Crippen LogP) is 1.38. The Morgan fingerprint density at radius 1 is 1.86 bits per heavy atom. The standard InChI is InChI=1S/C3BrFNO/c4-3-6-2(5)1-7-3. The summed E-state index contributed by atoms with van der Waals surface area (Å²) in [6, 6.07) is 0. The van der Waals surface area contributed by atoms with E-state index in [4.69, 9.17) is 0 Å². The Bertz CT molecular complexity index is 147. The summed E-state index contributed by atoms with van der Waals surface area (Å²) in [4.78, 5) is 3.25. The molecule has 0 amide bonds. The number of aromatic nitrogens is 1. The van der Waals surface area contributed by atoms with Crippen LogP contribution in [0.1, 0.15) is 0 Å². The monoisotopic (exact) mass is 164 g/mol. The first-order valence-corrected chi connectivity index (χ1v) is 2.28. The van der Waals surface area contributed by atoms with E-state index in [9.17, 15) is 4.39 Å². The third-order valence-corrected chi connectivity index (χ3v) is 0.745. The van der Waals surface area contributed by atoms with Gasteiger partial charge < -0.3 is 4.42 Å². The van der Waals surface area contributed by atoms with Crippen molar-refractivity contribution in [1.29, 1.82) is 0 Å². The number of halogens is 2. The lowest BCUT2D eigenvalue weighted by molar-refractivity contribution is 0.505. The minimum Gasteiger partial charge on any atom is -0.424 e. The van der Waals surface area contributed by atoms with Crippen molar-refractivity contribution in [1.82, 2.24) is 4.98 Å². The maximum absolute atomic E-state index is 11.6. The van der Waals surface area contributed by atoms with Gasteiger partial charge in [-0.1, -0.05) is 0 Å². The highest BCUT2D eigenvalue weighted by Gasteiger charge is 1.95. The van der Waals surface area contributed by atoms with Gasteiger partial charge in [-0.15, -0.1) is 0 Å². The molecule has 0 aliphatic heterocycles. The molecule has 0 spiro atoms. The van der Waals surface area contributed by atoms with E-state index in [-0.39, 0.29) is 4.80 Å².